The van der Waals surface area contributed by atoms with Crippen LogP contribution in [-0.4, -0.2) is 41.5 Å². The van der Waals surface area contributed by atoms with Gasteiger partial charge >= 0.3 is 6.03 Å². The van der Waals surface area contributed by atoms with E-state index in [0.29, 0.717) is 26.1 Å². The minimum absolute atomic E-state index is 0.0466. The van der Waals surface area contributed by atoms with Gasteiger partial charge in [-0.05, 0) is 37.0 Å². The molecule has 0 radical (unpaired) electrons. The Morgan fingerprint density at radius 2 is 1.87 bits per heavy atom. The van der Waals surface area contributed by atoms with E-state index in [2.05, 4.69) is 23.3 Å². The van der Waals surface area contributed by atoms with E-state index in [4.69, 9.17) is 0 Å². The number of nitrogens with one attached hydrogen (secondary N) is 2. The van der Waals surface area contributed by atoms with Crippen molar-refractivity contribution in [2.45, 2.75) is 38.6 Å². The van der Waals surface area contributed by atoms with E-state index < -0.39 is 5.54 Å². The maximum Gasteiger partial charge on any atom is 0.318 e. The highest BCUT2D eigenvalue weighted by atomic mass is 16.2. The number of para-hydroxylation sites is 2. The molecule has 0 bridgehead atoms. The third-order valence-electron chi connectivity index (χ3n) is 6.52. The van der Waals surface area contributed by atoms with Crippen molar-refractivity contribution in [2.24, 2.45) is 0 Å². The molecule has 5 rings (SSSR count). The van der Waals surface area contributed by atoms with Crippen LogP contribution in [0.4, 0.5) is 10.5 Å². The average Bonchev–Trinajstić information content (AvgIpc) is 3.29. The second-order valence-electron chi connectivity index (χ2n) is 8.34. The lowest BCUT2D eigenvalue weighted by Gasteiger charge is -2.43. The monoisotopic (exact) mass is 416 g/mol. The summed E-state index contributed by atoms with van der Waals surface area (Å²) in [5, 5.41) is 4.15. The van der Waals surface area contributed by atoms with Gasteiger partial charge in [0.15, 0.2) is 5.54 Å². The van der Waals surface area contributed by atoms with Gasteiger partial charge in [0.25, 0.3) is 5.91 Å². The Morgan fingerprint density at radius 3 is 2.68 bits per heavy atom. The number of rotatable bonds is 4. The van der Waals surface area contributed by atoms with E-state index in [1.165, 1.54) is 0 Å². The van der Waals surface area contributed by atoms with Crippen molar-refractivity contribution < 1.29 is 9.59 Å². The lowest BCUT2D eigenvalue weighted by atomic mass is 9.80. The van der Waals surface area contributed by atoms with E-state index in [-0.39, 0.29) is 11.9 Å². The van der Waals surface area contributed by atoms with Crippen molar-refractivity contribution in [2.75, 3.05) is 24.5 Å². The third-order valence-corrected chi connectivity index (χ3v) is 6.52. The quantitative estimate of drug-likeness (QED) is 0.671. The van der Waals surface area contributed by atoms with E-state index in [1.807, 2.05) is 54.3 Å². The van der Waals surface area contributed by atoms with Gasteiger partial charge in [-0.3, -0.25) is 4.79 Å². The lowest BCUT2D eigenvalue weighted by molar-refractivity contribution is -0.126. The van der Waals surface area contributed by atoms with Crippen LogP contribution >= 0.6 is 0 Å². The smallest absolute Gasteiger partial charge is 0.318 e. The van der Waals surface area contributed by atoms with Crippen LogP contribution in [-0.2, 0) is 16.8 Å². The molecule has 1 unspecified atom stereocenters. The molecular weight excluding hydrogens is 388 g/mol. The van der Waals surface area contributed by atoms with E-state index in [1.54, 1.807) is 4.90 Å². The lowest BCUT2D eigenvalue weighted by Crippen LogP contribution is -2.61. The largest absolute Gasteiger partial charge is 0.355 e. The number of carbonyl (C=O) groups excluding carboxylic acids is 2. The molecule has 1 aromatic heterocycles. The Hall–Kier alpha value is -3.28. The maximum absolute atomic E-state index is 14.2. The molecule has 0 fully saturated rings. The Morgan fingerprint density at radius 1 is 1.10 bits per heavy atom. The predicted molar refractivity (Wildman–Crippen MR) is 122 cm³/mol. The number of carbonyl (C=O) groups is 2. The normalized spacial score (nSPS) is 19.7. The standard InChI is InChI=1S/C25H28N4O2/c1-3-14-26-24(31)29-16-13-18-17-9-5-7-11-20(17)27-22(18)25(29)19-10-6-8-12-21(19)28(15-4-2)23(25)30/h5-12,27H,3-4,13-16H2,1-2H3,(H,26,31). The van der Waals surface area contributed by atoms with Gasteiger partial charge in [-0.2, -0.15) is 0 Å². The van der Waals surface area contributed by atoms with Crippen molar-refractivity contribution in [1.29, 1.82) is 0 Å². The van der Waals surface area contributed by atoms with Gasteiger partial charge in [0.05, 0.1) is 11.4 Å². The minimum atomic E-state index is -1.17. The van der Waals surface area contributed by atoms with Crippen LogP contribution in [0.2, 0.25) is 0 Å². The van der Waals surface area contributed by atoms with E-state index in [0.717, 1.165) is 46.3 Å². The summed E-state index contributed by atoms with van der Waals surface area (Å²) < 4.78 is 0. The molecule has 3 heterocycles. The average molecular weight is 417 g/mol. The van der Waals surface area contributed by atoms with Crippen LogP contribution < -0.4 is 10.2 Å². The van der Waals surface area contributed by atoms with Crippen molar-refractivity contribution in [3.05, 3.63) is 65.4 Å². The van der Waals surface area contributed by atoms with Crippen molar-refractivity contribution >= 4 is 28.5 Å². The summed E-state index contributed by atoms with van der Waals surface area (Å²) in [4.78, 5) is 34.8. The minimum Gasteiger partial charge on any atom is -0.355 e. The Balaban J connectivity index is 1.80. The zero-order valence-corrected chi connectivity index (χ0v) is 18.1. The number of urea groups is 1. The Labute approximate surface area is 182 Å². The fourth-order valence-electron chi connectivity index (χ4n) is 5.26. The first-order chi connectivity index (χ1) is 15.1. The molecular formula is C25H28N4O2. The summed E-state index contributed by atoms with van der Waals surface area (Å²) >= 11 is 0. The SMILES string of the molecule is CCCNC(=O)N1CCc2c([nH]c3ccccc23)C12C(=O)N(CCC)c1ccccc12. The van der Waals surface area contributed by atoms with Gasteiger partial charge in [-0.25, -0.2) is 4.79 Å². The highest BCUT2D eigenvalue weighted by Gasteiger charge is 2.60. The second-order valence-corrected chi connectivity index (χ2v) is 8.34. The van der Waals surface area contributed by atoms with Crippen LogP contribution in [0.5, 0.6) is 0 Å². The molecule has 1 spiro atoms. The molecule has 3 aromatic rings. The Bertz CT molecular complexity index is 1170. The molecule has 1 atom stereocenters. The van der Waals surface area contributed by atoms with Gasteiger partial charge in [-0.1, -0.05) is 50.2 Å². The molecule has 6 nitrogen and oxygen atoms in total. The summed E-state index contributed by atoms with van der Waals surface area (Å²) in [5.74, 6) is -0.0466. The molecule has 2 aromatic carbocycles. The zero-order valence-electron chi connectivity index (χ0n) is 18.1. The third kappa shape index (κ3) is 2.63. The molecule has 31 heavy (non-hydrogen) atoms. The number of anilines is 1. The number of nitrogens with zero attached hydrogens (tertiary/aromatic N) is 2. The van der Waals surface area contributed by atoms with Gasteiger partial charge in [0.2, 0.25) is 0 Å². The summed E-state index contributed by atoms with van der Waals surface area (Å²) in [6, 6.07) is 15.9. The fraction of sp³-hybridized carbons (Fsp3) is 0.360. The molecule has 6 heteroatoms. The highest BCUT2D eigenvalue weighted by Crippen LogP contribution is 2.51. The van der Waals surface area contributed by atoms with Gasteiger partial charge in [0.1, 0.15) is 0 Å². The molecule has 0 aliphatic carbocycles. The highest BCUT2D eigenvalue weighted by molar-refractivity contribution is 6.12. The van der Waals surface area contributed by atoms with Crippen molar-refractivity contribution in [3.63, 3.8) is 0 Å². The van der Waals surface area contributed by atoms with Crippen molar-refractivity contribution in [3.8, 4) is 0 Å². The second kappa shape index (κ2) is 7.45. The number of amides is 3. The molecule has 2 aliphatic heterocycles. The number of aromatic nitrogens is 1. The molecule has 0 saturated heterocycles. The van der Waals surface area contributed by atoms with Crippen LogP contribution in [0.25, 0.3) is 10.9 Å². The molecule has 2 N–H and O–H groups in total. The zero-order chi connectivity index (χ0) is 21.6. The first-order valence-corrected chi connectivity index (χ1v) is 11.2. The van der Waals surface area contributed by atoms with Gasteiger partial charge in [-0.15, -0.1) is 0 Å². The van der Waals surface area contributed by atoms with E-state index in [9.17, 15) is 9.59 Å². The molecule has 0 saturated carbocycles. The first-order valence-electron chi connectivity index (χ1n) is 11.2. The number of benzene rings is 2. The summed E-state index contributed by atoms with van der Waals surface area (Å²) in [5.41, 5.74) is 3.58. The number of aromatic amines is 1. The maximum atomic E-state index is 14.2. The topological polar surface area (TPSA) is 68.4 Å². The fourth-order valence-corrected chi connectivity index (χ4v) is 5.26. The van der Waals surface area contributed by atoms with Crippen LogP contribution in [0.1, 0.15) is 43.5 Å². The molecule has 2 aliphatic rings. The number of H-pyrrole nitrogens is 1. The summed E-state index contributed by atoms with van der Waals surface area (Å²) in [6.07, 6.45) is 2.40. The first kappa shape index (κ1) is 19.7. The predicted octanol–water partition coefficient (Wildman–Crippen LogP) is 4.15. The van der Waals surface area contributed by atoms with Crippen molar-refractivity contribution in [1.82, 2.24) is 15.2 Å². The summed E-state index contributed by atoms with van der Waals surface area (Å²) in [6.45, 7) is 5.80. The van der Waals surface area contributed by atoms with Gasteiger partial charge < -0.3 is 20.1 Å². The number of fused-ring (bicyclic) bond motifs is 6. The molecule has 160 valence electrons. The number of hydrogen-bond donors (Lipinski definition) is 2. The molecule has 3 amide bonds. The van der Waals surface area contributed by atoms with Crippen LogP contribution in [0.15, 0.2) is 48.5 Å². The van der Waals surface area contributed by atoms with Crippen LogP contribution in [0, 0.1) is 0 Å². The Kier molecular flexibility index (Phi) is 4.73. The van der Waals surface area contributed by atoms with Gasteiger partial charge in [0, 0.05) is 36.1 Å². The summed E-state index contributed by atoms with van der Waals surface area (Å²) in [7, 11) is 0. The number of hydrogen-bond acceptors (Lipinski definition) is 2. The van der Waals surface area contributed by atoms with Crippen LogP contribution in [0.3, 0.4) is 0 Å². The van der Waals surface area contributed by atoms with E-state index >= 15 is 0 Å².